The number of hydrogen-bond acceptors (Lipinski definition) is 4. The van der Waals surface area contributed by atoms with Crippen LogP contribution in [-0.4, -0.2) is 35.2 Å². The quantitative estimate of drug-likeness (QED) is 0.903. The Kier molecular flexibility index (Phi) is 5.10. The van der Waals surface area contributed by atoms with Crippen LogP contribution in [0.2, 0.25) is 5.02 Å². The van der Waals surface area contributed by atoms with E-state index in [-0.39, 0.29) is 16.8 Å². The van der Waals surface area contributed by atoms with E-state index in [1.165, 1.54) is 0 Å². The minimum absolute atomic E-state index is 0.176. The normalized spacial score (nSPS) is 19.0. The molecule has 1 unspecified atom stereocenters. The summed E-state index contributed by atoms with van der Waals surface area (Å²) in [6, 6.07) is 0. The van der Waals surface area contributed by atoms with Crippen LogP contribution in [0.5, 0.6) is 0 Å². The summed E-state index contributed by atoms with van der Waals surface area (Å²) >= 11 is 5.79. The standard InChI is InChI=1S/C12H15ClF3N3O2/c13-10-9(17-4-3-8-2-1-5-21-8)6-18-19(11(10)20)7-12(14,15)16/h6,8,17H,1-5,7H2. The van der Waals surface area contributed by atoms with E-state index in [0.717, 1.165) is 32.1 Å². The fraction of sp³-hybridized carbons (Fsp3) is 0.667. The molecular formula is C12H15ClF3N3O2. The van der Waals surface area contributed by atoms with Gasteiger partial charge in [-0.2, -0.15) is 18.3 Å². The van der Waals surface area contributed by atoms with Crippen molar-refractivity contribution in [1.29, 1.82) is 0 Å². The molecule has 1 fully saturated rings. The van der Waals surface area contributed by atoms with Crippen LogP contribution in [0.3, 0.4) is 0 Å². The second kappa shape index (κ2) is 6.65. The third-order valence-electron chi connectivity index (χ3n) is 3.12. The topological polar surface area (TPSA) is 56.1 Å². The molecule has 118 valence electrons. The molecule has 2 rings (SSSR count). The molecule has 1 aromatic rings. The smallest absolute Gasteiger partial charge is 0.382 e. The number of nitrogens with one attached hydrogen (secondary N) is 1. The molecule has 9 heteroatoms. The Balaban J connectivity index is 1.97. The van der Waals surface area contributed by atoms with Gasteiger partial charge in [0, 0.05) is 13.2 Å². The van der Waals surface area contributed by atoms with Crippen molar-refractivity contribution in [1.82, 2.24) is 9.78 Å². The number of anilines is 1. The van der Waals surface area contributed by atoms with E-state index in [1.54, 1.807) is 0 Å². The Bertz CT molecular complexity index is 542. The largest absolute Gasteiger partial charge is 0.408 e. The van der Waals surface area contributed by atoms with Gasteiger partial charge in [0.25, 0.3) is 5.56 Å². The number of nitrogens with zero attached hydrogens (tertiary/aromatic N) is 2. The third-order valence-corrected chi connectivity index (χ3v) is 3.48. The minimum atomic E-state index is -4.52. The first-order chi connectivity index (χ1) is 9.87. The summed E-state index contributed by atoms with van der Waals surface area (Å²) in [5.41, 5.74) is -0.728. The Labute approximate surface area is 124 Å². The molecule has 1 atom stereocenters. The highest BCUT2D eigenvalue weighted by atomic mass is 35.5. The Morgan fingerprint density at radius 2 is 2.29 bits per heavy atom. The zero-order valence-corrected chi connectivity index (χ0v) is 11.9. The molecule has 1 aromatic heterocycles. The van der Waals surface area contributed by atoms with Gasteiger partial charge in [-0.3, -0.25) is 4.79 Å². The van der Waals surface area contributed by atoms with Crippen LogP contribution in [0.15, 0.2) is 11.0 Å². The maximum Gasteiger partial charge on any atom is 0.408 e. The second-order valence-electron chi connectivity index (χ2n) is 4.80. The maximum absolute atomic E-state index is 12.3. The summed E-state index contributed by atoms with van der Waals surface area (Å²) in [5.74, 6) is 0. The van der Waals surface area contributed by atoms with Gasteiger partial charge in [-0.15, -0.1) is 0 Å². The van der Waals surface area contributed by atoms with Crippen LogP contribution in [0.1, 0.15) is 19.3 Å². The lowest BCUT2D eigenvalue weighted by Gasteiger charge is -2.13. The lowest BCUT2D eigenvalue weighted by atomic mass is 10.2. The Morgan fingerprint density at radius 1 is 1.52 bits per heavy atom. The summed E-state index contributed by atoms with van der Waals surface area (Å²) in [5, 5.41) is 6.09. The molecule has 0 radical (unpaired) electrons. The lowest BCUT2D eigenvalue weighted by molar-refractivity contribution is -0.143. The van der Waals surface area contributed by atoms with Gasteiger partial charge in [0.05, 0.1) is 18.0 Å². The first kappa shape index (κ1) is 16.1. The summed E-state index contributed by atoms with van der Waals surface area (Å²) in [4.78, 5) is 11.7. The van der Waals surface area contributed by atoms with Crippen LogP contribution >= 0.6 is 11.6 Å². The molecule has 2 heterocycles. The monoisotopic (exact) mass is 325 g/mol. The average Bonchev–Trinajstić information content (AvgIpc) is 2.89. The van der Waals surface area contributed by atoms with Gasteiger partial charge in [0.15, 0.2) is 0 Å². The molecule has 0 bridgehead atoms. The number of rotatable bonds is 5. The van der Waals surface area contributed by atoms with Gasteiger partial charge in [-0.25, -0.2) is 4.68 Å². The predicted molar refractivity (Wildman–Crippen MR) is 71.6 cm³/mol. The van der Waals surface area contributed by atoms with E-state index in [9.17, 15) is 18.0 Å². The second-order valence-corrected chi connectivity index (χ2v) is 5.18. The van der Waals surface area contributed by atoms with Crippen LogP contribution in [-0.2, 0) is 11.3 Å². The summed E-state index contributed by atoms with van der Waals surface area (Å²) in [6.07, 6.45) is -0.460. The van der Waals surface area contributed by atoms with Crippen molar-refractivity contribution < 1.29 is 17.9 Å². The SMILES string of the molecule is O=c1c(Cl)c(NCCC2CCCO2)cnn1CC(F)(F)F. The molecular weight excluding hydrogens is 311 g/mol. The molecule has 0 amide bonds. The van der Waals surface area contributed by atoms with Crippen molar-refractivity contribution in [2.75, 3.05) is 18.5 Å². The van der Waals surface area contributed by atoms with Crippen molar-refractivity contribution in [3.05, 3.63) is 21.6 Å². The van der Waals surface area contributed by atoms with E-state index in [0.29, 0.717) is 11.2 Å². The molecule has 1 N–H and O–H groups in total. The first-order valence-electron chi connectivity index (χ1n) is 6.54. The molecule has 0 aromatic carbocycles. The fourth-order valence-electron chi connectivity index (χ4n) is 2.11. The van der Waals surface area contributed by atoms with E-state index in [1.807, 2.05) is 0 Å². The highest BCUT2D eigenvalue weighted by Gasteiger charge is 2.29. The average molecular weight is 326 g/mol. The zero-order valence-electron chi connectivity index (χ0n) is 11.1. The van der Waals surface area contributed by atoms with E-state index >= 15 is 0 Å². The summed E-state index contributed by atoms with van der Waals surface area (Å²) in [7, 11) is 0. The molecule has 0 spiro atoms. The summed E-state index contributed by atoms with van der Waals surface area (Å²) < 4.78 is 42.5. The van der Waals surface area contributed by atoms with Gasteiger partial charge in [0.1, 0.15) is 11.6 Å². The summed E-state index contributed by atoms with van der Waals surface area (Å²) in [6.45, 7) is -0.197. The molecule has 0 saturated carbocycles. The Morgan fingerprint density at radius 3 is 2.90 bits per heavy atom. The predicted octanol–water partition coefficient (Wildman–Crippen LogP) is 2.44. The van der Waals surface area contributed by atoms with E-state index in [2.05, 4.69) is 10.4 Å². The molecule has 1 aliphatic rings. The third kappa shape index (κ3) is 4.60. The van der Waals surface area contributed by atoms with Gasteiger partial charge >= 0.3 is 6.18 Å². The highest BCUT2D eigenvalue weighted by Crippen LogP contribution is 2.20. The lowest BCUT2D eigenvalue weighted by Crippen LogP contribution is -2.31. The number of aromatic nitrogens is 2. The molecule has 1 saturated heterocycles. The number of hydrogen-bond donors (Lipinski definition) is 1. The van der Waals surface area contributed by atoms with Gasteiger partial charge in [-0.05, 0) is 19.3 Å². The fourth-order valence-corrected chi connectivity index (χ4v) is 2.32. The van der Waals surface area contributed by atoms with Crippen molar-refractivity contribution in [2.45, 2.75) is 38.1 Å². The van der Waals surface area contributed by atoms with Crippen LogP contribution < -0.4 is 10.9 Å². The highest BCUT2D eigenvalue weighted by molar-refractivity contribution is 6.32. The van der Waals surface area contributed by atoms with Crippen LogP contribution in [0.4, 0.5) is 18.9 Å². The maximum atomic E-state index is 12.3. The van der Waals surface area contributed by atoms with Gasteiger partial charge in [-0.1, -0.05) is 11.6 Å². The Hall–Kier alpha value is -1.28. The molecule has 0 aliphatic carbocycles. The molecule has 21 heavy (non-hydrogen) atoms. The van der Waals surface area contributed by atoms with Crippen LogP contribution in [0.25, 0.3) is 0 Å². The van der Waals surface area contributed by atoms with Crippen molar-refractivity contribution in [3.8, 4) is 0 Å². The first-order valence-corrected chi connectivity index (χ1v) is 6.92. The zero-order chi connectivity index (χ0) is 15.5. The molecule has 5 nitrogen and oxygen atoms in total. The number of halogens is 4. The number of ether oxygens (including phenoxy) is 1. The van der Waals surface area contributed by atoms with E-state index < -0.39 is 18.3 Å². The number of alkyl halides is 3. The molecule has 1 aliphatic heterocycles. The van der Waals surface area contributed by atoms with Crippen molar-refractivity contribution in [2.24, 2.45) is 0 Å². The minimum Gasteiger partial charge on any atom is -0.382 e. The van der Waals surface area contributed by atoms with E-state index in [4.69, 9.17) is 16.3 Å². The van der Waals surface area contributed by atoms with Crippen molar-refractivity contribution >= 4 is 17.3 Å². The van der Waals surface area contributed by atoms with Crippen molar-refractivity contribution in [3.63, 3.8) is 0 Å². The van der Waals surface area contributed by atoms with Gasteiger partial charge in [0.2, 0.25) is 0 Å². The van der Waals surface area contributed by atoms with Gasteiger partial charge < -0.3 is 10.1 Å². The van der Waals surface area contributed by atoms with Crippen LogP contribution in [0, 0.1) is 0 Å².